The molecule has 2 aromatic rings. The number of nitrogens with one attached hydrogen (secondary N) is 1. The van der Waals surface area contributed by atoms with Crippen LogP contribution in [0.15, 0.2) is 54.6 Å². The largest absolute Gasteiger partial charge is 0.481 e. The zero-order valence-corrected chi connectivity index (χ0v) is 14.3. The first-order chi connectivity index (χ1) is 13.3. The highest BCUT2D eigenvalue weighted by molar-refractivity contribution is 5.86. The molecule has 1 unspecified atom stereocenters. The van der Waals surface area contributed by atoms with Gasteiger partial charge in [-0.05, 0) is 24.1 Å². The van der Waals surface area contributed by atoms with Crippen LogP contribution in [0.4, 0.5) is 10.5 Å². The molecular formula is C18H16N2O8. The van der Waals surface area contributed by atoms with Crippen molar-refractivity contribution in [3.8, 4) is 5.75 Å². The maximum atomic E-state index is 12.0. The second kappa shape index (κ2) is 9.12. The summed E-state index contributed by atoms with van der Waals surface area (Å²) < 4.78 is 4.88. The topological polar surface area (TPSA) is 156 Å². The van der Waals surface area contributed by atoms with Gasteiger partial charge in [-0.2, -0.15) is 0 Å². The summed E-state index contributed by atoms with van der Waals surface area (Å²) in [7, 11) is 0. The molecule has 10 nitrogen and oxygen atoms in total. The molecule has 3 N–H and O–H groups in total. The summed E-state index contributed by atoms with van der Waals surface area (Å²) in [6.07, 6.45) is -1.31. The predicted molar refractivity (Wildman–Crippen MR) is 95.0 cm³/mol. The number of benzene rings is 2. The van der Waals surface area contributed by atoms with Gasteiger partial charge in [0.05, 0.1) is 10.8 Å². The number of ether oxygens (including phenoxy) is 1. The molecule has 0 aliphatic rings. The number of carbonyl (C=O) groups excluding carboxylic acids is 1. The van der Waals surface area contributed by atoms with Crippen molar-refractivity contribution >= 4 is 23.7 Å². The van der Waals surface area contributed by atoms with E-state index in [1.165, 1.54) is 0 Å². The molecule has 0 heterocycles. The summed E-state index contributed by atoms with van der Waals surface area (Å²) in [6.45, 7) is 0. The minimum atomic E-state index is -1.75. The zero-order chi connectivity index (χ0) is 20.7. The molecular weight excluding hydrogens is 372 g/mol. The van der Waals surface area contributed by atoms with Crippen molar-refractivity contribution in [2.75, 3.05) is 0 Å². The molecule has 2 atom stereocenters. The average molecular weight is 388 g/mol. The third-order valence-corrected chi connectivity index (χ3v) is 3.82. The minimum Gasteiger partial charge on any atom is -0.481 e. The highest BCUT2D eigenvalue weighted by Gasteiger charge is 2.35. The van der Waals surface area contributed by atoms with E-state index in [2.05, 4.69) is 0 Å². The number of nitro groups is 1. The number of aliphatic carboxylic acids is 2. The third kappa shape index (κ3) is 5.53. The molecule has 2 aromatic carbocycles. The second-order valence-electron chi connectivity index (χ2n) is 5.74. The summed E-state index contributed by atoms with van der Waals surface area (Å²) in [4.78, 5) is 45.1. The molecule has 2 rings (SSSR count). The molecule has 10 heteroatoms. The molecule has 146 valence electrons. The number of nitro benzene ring substituents is 1. The first-order valence-corrected chi connectivity index (χ1v) is 8.00. The maximum Gasteiger partial charge on any atom is 0.413 e. The fraction of sp³-hybridized carbons (Fsp3) is 0.167. The zero-order valence-electron chi connectivity index (χ0n) is 14.3. The summed E-state index contributed by atoms with van der Waals surface area (Å²) in [5.74, 6) is -4.44. The number of non-ortho nitro benzene ring substituents is 1. The van der Waals surface area contributed by atoms with Crippen molar-refractivity contribution in [2.45, 2.75) is 12.5 Å². The van der Waals surface area contributed by atoms with E-state index in [0.717, 1.165) is 24.3 Å². The number of amides is 1. The molecule has 28 heavy (non-hydrogen) atoms. The van der Waals surface area contributed by atoms with Crippen LogP contribution in [0.5, 0.6) is 5.75 Å². The predicted octanol–water partition coefficient (Wildman–Crippen LogP) is 2.08. The Morgan fingerprint density at radius 3 is 2.11 bits per heavy atom. The minimum absolute atomic E-state index is 0.0674. The van der Waals surface area contributed by atoms with Crippen LogP contribution in [0.2, 0.25) is 0 Å². The second-order valence-corrected chi connectivity index (χ2v) is 5.74. The van der Waals surface area contributed by atoms with E-state index in [1.54, 1.807) is 30.3 Å². The van der Waals surface area contributed by atoms with Gasteiger partial charge in [0.15, 0.2) is 0 Å². The number of hydrogen-bond donors (Lipinski definition) is 3. The van der Waals surface area contributed by atoms with Crippen LogP contribution in [0.1, 0.15) is 5.56 Å². The number of carbonyl (C=O) groups is 3. The van der Waals surface area contributed by atoms with Gasteiger partial charge in [-0.15, -0.1) is 0 Å². The van der Waals surface area contributed by atoms with Crippen molar-refractivity contribution in [3.63, 3.8) is 0 Å². The van der Waals surface area contributed by atoms with E-state index in [0.29, 0.717) is 5.56 Å². The standard InChI is InChI=1S/C18H16N2O8/c21-16(22)14(10-11-4-2-1-3-5-11)15(17(23)24)19-18(25)28-13-8-6-12(7-9-13)20(26)27/h1-9,14-15H,10H2,(H,19,25)(H,21,22)(H,23,24)/t14?,15-/m0/s1. The van der Waals surface area contributed by atoms with Gasteiger partial charge in [0.2, 0.25) is 0 Å². The van der Waals surface area contributed by atoms with Gasteiger partial charge < -0.3 is 20.3 Å². The van der Waals surface area contributed by atoms with Crippen LogP contribution in [0, 0.1) is 16.0 Å². The van der Waals surface area contributed by atoms with Crippen molar-refractivity contribution in [3.05, 3.63) is 70.3 Å². The summed E-state index contributed by atoms with van der Waals surface area (Å²) >= 11 is 0. The van der Waals surface area contributed by atoms with Crippen molar-refractivity contribution in [1.29, 1.82) is 0 Å². The number of carboxylic acid groups (broad SMARTS) is 2. The Morgan fingerprint density at radius 2 is 1.61 bits per heavy atom. The Morgan fingerprint density at radius 1 is 1.00 bits per heavy atom. The molecule has 0 aromatic heterocycles. The lowest BCUT2D eigenvalue weighted by Crippen LogP contribution is -2.50. The molecule has 0 saturated carbocycles. The van der Waals surface area contributed by atoms with Gasteiger partial charge in [0.1, 0.15) is 11.8 Å². The van der Waals surface area contributed by atoms with Gasteiger partial charge in [-0.25, -0.2) is 9.59 Å². The van der Waals surface area contributed by atoms with Crippen LogP contribution in [0.3, 0.4) is 0 Å². The summed E-state index contributed by atoms with van der Waals surface area (Å²) in [5, 5.41) is 31.4. The molecule has 1 amide bonds. The summed E-state index contributed by atoms with van der Waals surface area (Å²) in [5.41, 5.74) is 0.372. The Hall–Kier alpha value is -3.95. The molecule has 0 radical (unpaired) electrons. The normalized spacial score (nSPS) is 12.4. The molecule has 0 spiro atoms. The van der Waals surface area contributed by atoms with Crippen molar-refractivity contribution < 1.29 is 34.3 Å². The van der Waals surface area contributed by atoms with Crippen molar-refractivity contribution in [2.24, 2.45) is 5.92 Å². The number of nitrogens with zero attached hydrogens (tertiary/aromatic N) is 1. The molecule has 0 aliphatic carbocycles. The van der Waals surface area contributed by atoms with E-state index in [-0.39, 0.29) is 17.9 Å². The van der Waals surface area contributed by atoms with Gasteiger partial charge in [-0.3, -0.25) is 14.9 Å². The van der Waals surface area contributed by atoms with E-state index >= 15 is 0 Å². The third-order valence-electron chi connectivity index (χ3n) is 3.82. The van der Waals surface area contributed by atoms with E-state index in [1.807, 2.05) is 5.32 Å². The Labute approximate surface area is 158 Å². The molecule has 0 aliphatic heterocycles. The van der Waals surface area contributed by atoms with Crippen LogP contribution in [0.25, 0.3) is 0 Å². The van der Waals surface area contributed by atoms with Crippen LogP contribution < -0.4 is 10.1 Å². The number of carboxylic acids is 2. The smallest absolute Gasteiger partial charge is 0.413 e. The van der Waals surface area contributed by atoms with E-state index in [9.17, 15) is 34.7 Å². The highest BCUT2D eigenvalue weighted by Crippen LogP contribution is 2.18. The first-order valence-electron chi connectivity index (χ1n) is 8.00. The monoisotopic (exact) mass is 388 g/mol. The molecule has 0 bridgehead atoms. The fourth-order valence-corrected chi connectivity index (χ4v) is 2.45. The van der Waals surface area contributed by atoms with E-state index in [4.69, 9.17) is 4.74 Å². The van der Waals surface area contributed by atoms with Crippen LogP contribution in [-0.2, 0) is 16.0 Å². The van der Waals surface area contributed by atoms with Crippen LogP contribution >= 0.6 is 0 Å². The quantitative estimate of drug-likeness (QED) is 0.458. The van der Waals surface area contributed by atoms with Gasteiger partial charge in [0.25, 0.3) is 5.69 Å². The Bertz CT molecular complexity index is 867. The molecule has 0 saturated heterocycles. The van der Waals surface area contributed by atoms with Gasteiger partial charge >= 0.3 is 18.0 Å². The SMILES string of the molecule is O=C(N[C@H](C(=O)O)C(Cc1ccccc1)C(=O)O)Oc1ccc([N+](=O)[O-])cc1. The fourth-order valence-electron chi connectivity index (χ4n) is 2.45. The van der Waals surface area contributed by atoms with E-state index < -0.39 is 34.9 Å². The average Bonchev–Trinajstić information content (AvgIpc) is 2.65. The maximum absolute atomic E-state index is 12.0. The lowest BCUT2D eigenvalue weighted by atomic mass is 9.92. The number of rotatable bonds is 8. The summed E-state index contributed by atoms with van der Waals surface area (Å²) in [6, 6.07) is 11.2. The Balaban J connectivity index is 2.10. The van der Waals surface area contributed by atoms with Crippen molar-refractivity contribution in [1.82, 2.24) is 5.32 Å². The van der Waals surface area contributed by atoms with Gasteiger partial charge in [-0.1, -0.05) is 30.3 Å². The van der Waals surface area contributed by atoms with Crippen LogP contribution in [-0.4, -0.2) is 39.2 Å². The lowest BCUT2D eigenvalue weighted by molar-refractivity contribution is -0.384. The number of hydrogen-bond acceptors (Lipinski definition) is 6. The molecule has 0 fully saturated rings. The highest BCUT2D eigenvalue weighted by atomic mass is 16.6. The Kier molecular flexibility index (Phi) is 6.63. The van der Waals surface area contributed by atoms with Gasteiger partial charge in [0, 0.05) is 12.1 Å². The lowest BCUT2D eigenvalue weighted by Gasteiger charge is -2.21. The first kappa shape index (κ1) is 20.4.